The number of aldehydes is 1. The Morgan fingerprint density at radius 1 is 1.33 bits per heavy atom. The number of fused-ring (bicyclic) bond motifs is 1. The second-order valence-electron chi connectivity index (χ2n) is 4.14. The van der Waals surface area contributed by atoms with E-state index in [0.717, 1.165) is 23.0 Å². The van der Waals surface area contributed by atoms with E-state index in [1.807, 2.05) is 37.5 Å². The zero-order valence-electron chi connectivity index (χ0n) is 9.95. The molecule has 0 aliphatic heterocycles. The molecule has 0 saturated heterocycles. The van der Waals surface area contributed by atoms with E-state index in [0.29, 0.717) is 12.1 Å². The van der Waals surface area contributed by atoms with E-state index >= 15 is 0 Å². The summed E-state index contributed by atoms with van der Waals surface area (Å²) in [5.74, 6) is 0.879. The van der Waals surface area contributed by atoms with Crippen LogP contribution in [0, 0.1) is 0 Å². The van der Waals surface area contributed by atoms with Gasteiger partial charge in [0.2, 0.25) is 0 Å². The van der Waals surface area contributed by atoms with Gasteiger partial charge in [0.25, 0.3) is 0 Å². The van der Waals surface area contributed by atoms with Crippen molar-refractivity contribution in [3.05, 3.63) is 48.2 Å². The summed E-state index contributed by atoms with van der Waals surface area (Å²) < 4.78 is 3.81. The van der Waals surface area contributed by atoms with E-state index < -0.39 is 0 Å². The van der Waals surface area contributed by atoms with Crippen LogP contribution < -0.4 is 0 Å². The average Bonchev–Trinajstić information content (AvgIpc) is 2.97. The molecule has 0 radical (unpaired) electrons. The van der Waals surface area contributed by atoms with Gasteiger partial charge in [0.1, 0.15) is 12.2 Å². The number of hydrogen-bond donors (Lipinski definition) is 0. The van der Waals surface area contributed by atoms with Crippen LogP contribution in [0.5, 0.6) is 0 Å². The molecule has 0 aliphatic carbocycles. The maximum absolute atomic E-state index is 11.0. The summed E-state index contributed by atoms with van der Waals surface area (Å²) in [5.41, 5.74) is 1.74. The maximum Gasteiger partial charge on any atom is 0.150 e. The highest BCUT2D eigenvalue weighted by Crippen LogP contribution is 2.19. The van der Waals surface area contributed by atoms with Crippen molar-refractivity contribution in [1.82, 2.24) is 19.3 Å². The Balaban J connectivity index is 2.08. The molecule has 1 aromatic carbocycles. The molecule has 3 rings (SSSR count). The van der Waals surface area contributed by atoms with Gasteiger partial charge in [-0.2, -0.15) is 5.10 Å². The molecule has 2 heterocycles. The van der Waals surface area contributed by atoms with Gasteiger partial charge in [-0.1, -0.05) is 12.1 Å². The Hall–Kier alpha value is -2.43. The first-order valence-corrected chi connectivity index (χ1v) is 5.65. The van der Waals surface area contributed by atoms with E-state index in [9.17, 15) is 4.79 Å². The van der Waals surface area contributed by atoms with Crippen molar-refractivity contribution in [3.8, 4) is 0 Å². The highest BCUT2D eigenvalue weighted by Gasteiger charge is 2.07. The van der Waals surface area contributed by atoms with Gasteiger partial charge >= 0.3 is 0 Å². The minimum Gasteiger partial charge on any atom is -0.340 e. The third-order valence-corrected chi connectivity index (χ3v) is 3.09. The monoisotopic (exact) mass is 240 g/mol. The topological polar surface area (TPSA) is 52.7 Å². The van der Waals surface area contributed by atoms with Gasteiger partial charge in [0.05, 0.1) is 6.54 Å². The summed E-state index contributed by atoms with van der Waals surface area (Å²) in [5, 5.41) is 5.01. The fraction of sp³-hybridized carbons (Fsp3) is 0.154. The van der Waals surface area contributed by atoms with Crippen LogP contribution in [0.2, 0.25) is 0 Å². The smallest absolute Gasteiger partial charge is 0.150 e. The van der Waals surface area contributed by atoms with Gasteiger partial charge in [-0.15, -0.1) is 0 Å². The van der Waals surface area contributed by atoms with Crippen molar-refractivity contribution in [1.29, 1.82) is 0 Å². The van der Waals surface area contributed by atoms with Gasteiger partial charge < -0.3 is 4.57 Å². The fourth-order valence-electron chi connectivity index (χ4n) is 2.10. The second kappa shape index (κ2) is 4.10. The molecule has 90 valence electrons. The van der Waals surface area contributed by atoms with Crippen LogP contribution in [-0.4, -0.2) is 25.6 Å². The Morgan fingerprint density at radius 3 is 2.94 bits per heavy atom. The molecule has 0 unspecified atom stereocenters. The van der Waals surface area contributed by atoms with E-state index in [1.165, 1.54) is 6.33 Å². The maximum atomic E-state index is 11.0. The Kier molecular flexibility index (Phi) is 2.44. The largest absolute Gasteiger partial charge is 0.340 e. The molecule has 0 saturated carbocycles. The quantitative estimate of drug-likeness (QED) is 0.654. The zero-order valence-corrected chi connectivity index (χ0v) is 9.95. The van der Waals surface area contributed by atoms with Crippen LogP contribution in [0.4, 0.5) is 0 Å². The van der Waals surface area contributed by atoms with Crippen molar-refractivity contribution in [3.63, 3.8) is 0 Å². The fourth-order valence-corrected chi connectivity index (χ4v) is 2.10. The molecule has 0 fully saturated rings. The number of nitrogens with zero attached hydrogens (tertiary/aromatic N) is 4. The summed E-state index contributed by atoms with van der Waals surface area (Å²) in [7, 11) is 1.87. The van der Waals surface area contributed by atoms with Crippen molar-refractivity contribution in [2.45, 2.75) is 6.54 Å². The minimum absolute atomic E-state index is 0.641. The van der Waals surface area contributed by atoms with E-state index in [2.05, 4.69) is 14.6 Å². The average molecular weight is 240 g/mol. The molecule has 0 atom stereocenters. The normalized spacial score (nSPS) is 10.9. The Bertz CT molecular complexity index is 711. The standard InChI is InChI=1S/C13H12N4O/c1-16-13(14-9-15-16)7-17-6-5-11-10(8-18)3-2-4-12(11)17/h2-6,8-9H,7H2,1H3. The van der Waals surface area contributed by atoms with Crippen LogP contribution in [0.15, 0.2) is 36.8 Å². The minimum atomic E-state index is 0.641. The summed E-state index contributed by atoms with van der Waals surface area (Å²) in [4.78, 5) is 15.2. The molecule has 0 aliphatic rings. The lowest BCUT2D eigenvalue weighted by atomic mass is 10.1. The van der Waals surface area contributed by atoms with Crippen LogP contribution >= 0.6 is 0 Å². The molecular formula is C13H12N4O. The van der Waals surface area contributed by atoms with Crippen molar-refractivity contribution >= 4 is 17.2 Å². The van der Waals surface area contributed by atoms with Crippen LogP contribution in [-0.2, 0) is 13.6 Å². The lowest BCUT2D eigenvalue weighted by Crippen LogP contribution is -2.05. The summed E-state index contributed by atoms with van der Waals surface area (Å²) in [6.45, 7) is 0.641. The van der Waals surface area contributed by atoms with E-state index in [4.69, 9.17) is 0 Å². The number of aryl methyl sites for hydroxylation is 1. The van der Waals surface area contributed by atoms with E-state index in [-0.39, 0.29) is 0 Å². The third kappa shape index (κ3) is 1.60. The number of aromatic nitrogens is 4. The lowest BCUT2D eigenvalue weighted by Gasteiger charge is -2.05. The molecule has 0 spiro atoms. The SMILES string of the molecule is Cn1ncnc1Cn1ccc2c(C=O)cccc21. The highest BCUT2D eigenvalue weighted by atomic mass is 16.1. The van der Waals surface area contributed by atoms with Gasteiger partial charge in [0.15, 0.2) is 6.29 Å². The lowest BCUT2D eigenvalue weighted by molar-refractivity contribution is 0.112. The molecule has 0 amide bonds. The first-order valence-electron chi connectivity index (χ1n) is 5.65. The number of benzene rings is 1. The number of hydrogen-bond acceptors (Lipinski definition) is 3. The van der Waals surface area contributed by atoms with Crippen LogP contribution in [0.3, 0.4) is 0 Å². The second-order valence-corrected chi connectivity index (χ2v) is 4.14. The molecule has 0 N–H and O–H groups in total. The number of carbonyl (C=O) groups excluding carboxylic acids is 1. The number of rotatable bonds is 3. The van der Waals surface area contributed by atoms with Gasteiger partial charge in [0, 0.05) is 29.7 Å². The molecule has 18 heavy (non-hydrogen) atoms. The Morgan fingerprint density at radius 2 is 2.22 bits per heavy atom. The summed E-state index contributed by atoms with van der Waals surface area (Å²) in [6, 6.07) is 7.66. The van der Waals surface area contributed by atoms with Gasteiger partial charge in [-0.25, -0.2) is 4.98 Å². The Labute approximate surface area is 104 Å². The van der Waals surface area contributed by atoms with Gasteiger partial charge in [-0.05, 0) is 12.1 Å². The zero-order chi connectivity index (χ0) is 12.5. The molecule has 0 bridgehead atoms. The van der Waals surface area contributed by atoms with E-state index in [1.54, 1.807) is 4.68 Å². The van der Waals surface area contributed by atoms with Crippen LogP contribution in [0.25, 0.3) is 10.9 Å². The molecule has 5 heteroatoms. The van der Waals surface area contributed by atoms with Crippen molar-refractivity contribution in [2.75, 3.05) is 0 Å². The molecule has 3 aromatic rings. The van der Waals surface area contributed by atoms with Gasteiger partial charge in [-0.3, -0.25) is 9.48 Å². The third-order valence-electron chi connectivity index (χ3n) is 3.09. The van der Waals surface area contributed by atoms with Crippen LogP contribution in [0.1, 0.15) is 16.2 Å². The molecule has 5 nitrogen and oxygen atoms in total. The van der Waals surface area contributed by atoms with Crippen molar-refractivity contribution < 1.29 is 4.79 Å². The molecular weight excluding hydrogens is 228 g/mol. The predicted octanol–water partition coefficient (Wildman–Crippen LogP) is 1.63. The summed E-state index contributed by atoms with van der Waals surface area (Å²) >= 11 is 0. The predicted molar refractivity (Wildman–Crippen MR) is 67.4 cm³/mol. The molecule has 2 aromatic heterocycles. The summed E-state index contributed by atoms with van der Waals surface area (Å²) in [6.07, 6.45) is 4.39. The first kappa shape index (κ1) is 10.7. The highest BCUT2D eigenvalue weighted by molar-refractivity contribution is 5.97. The number of carbonyl (C=O) groups is 1. The first-order chi connectivity index (χ1) is 8.79. The van der Waals surface area contributed by atoms with Crippen molar-refractivity contribution in [2.24, 2.45) is 7.05 Å².